The second-order valence-electron chi connectivity index (χ2n) is 7.40. The minimum absolute atomic E-state index is 0.153. The Morgan fingerprint density at radius 1 is 1.10 bits per heavy atom. The van der Waals surface area contributed by atoms with E-state index in [1.54, 1.807) is 17.0 Å². The number of nitrogens with one attached hydrogen (secondary N) is 1. The normalized spacial score (nSPS) is 15.2. The molecule has 2 heterocycles. The molecule has 0 aliphatic heterocycles. The van der Waals surface area contributed by atoms with E-state index in [1.807, 2.05) is 48.7 Å². The average Bonchev–Trinajstić information content (AvgIpc) is 3.49. The lowest BCUT2D eigenvalue weighted by molar-refractivity contribution is -0.123. The maximum atomic E-state index is 13.4. The van der Waals surface area contributed by atoms with Gasteiger partial charge in [0, 0.05) is 16.6 Å². The van der Waals surface area contributed by atoms with Crippen molar-refractivity contribution in [3.8, 4) is 0 Å². The van der Waals surface area contributed by atoms with E-state index >= 15 is 0 Å². The van der Waals surface area contributed by atoms with Crippen LogP contribution in [0.3, 0.4) is 0 Å². The Hall–Kier alpha value is -2.86. The van der Waals surface area contributed by atoms with Crippen LogP contribution in [0.5, 0.6) is 0 Å². The van der Waals surface area contributed by atoms with Crippen molar-refractivity contribution in [2.45, 2.75) is 44.7 Å². The molecule has 1 saturated carbocycles. The van der Waals surface area contributed by atoms with E-state index in [-0.39, 0.29) is 23.6 Å². The Labute approximate surface area is 174 Å². The van der Waals surface area contributed by atoms with E-state index in [0.29, 0.717) is 5.69 Å². The number of anilines is 1. The zero-order valence-corrected chi connectivity index (χ0v) is 17.2. The van der Waals surface area contributed by atoms with Crippen molar-refractivity contribution in [1.29, 1.82) is 0 Å². The lowest BCUT2D eigenvalue weighted by Gasteiger charge is -2.31. The molecule has 0 spiro atoms. The van der Waals surface area contributed by atoms with Gasteiger partial charge in [-0.15, -0.1) is 11.3 Å². The quantitative estimate of drug-likeness (QED) is 0.617. The lowest BCUT2D eigenvalue weighted by Crippen LogP contribution is -2.46. The van der Waals surface area contributed by atoms with Gasteiger partial charge in [-0.25, -0.2) is 0 Å². The minimum Gasteiger partial charge on any atom is -0.459 e. The summed E-state index contributed by atoms with van der Waals surface area (Å²) in [6.45, 7) is 1.99. The molecule has 150 valence electrons. The van der Waals surface area contributed by atoms with Crippen LogP contribution in [0.4, 0.5) is 5.69 Å². The Morgan fingerprint density at radius 3 is 2.48 bits per heavy atom. The summed E-state index contributed by atoms with van der Waals surface area (Å²) >= 11 is 1.47. The minimum atomic E-state index is -0.754. The molecular weight excluding hydrogens is 384 g/mol. The number of amides is 2. The number of thiophene rings is 1. The molecule has 1 aliphatic rings. The van der Waals surface area contributed by atoms with Gasteiger partial charge in [0.05, 0.1) is 6.26 Å². The highest BCUT2D eigenvalue weighted by molar-refractivity contribution is 7.10. The number of benzene rings is 1. The molecule has 1 aliphatic carbocycles. The lowest BCUT2D eigenvalue weighted by atomic mass is 10.1. The molecular formula is C23H24N2O3S. The van der Waals surface area contributed by atoms with Gasteiger partial charge >= 0.3 is 0 Å². The monoisotopic (exact) mass is 408 g/mol. The molecule has 1 fully saturated rings. The number of aryl methyl sites for hydroxylation is 1. The van der Waals surface area contributed by atoms with Gasteiger partial charge in [0.2, 0.25) is 5.91 Å². The van der Waals surface area contributed by atoms with Crippen molar-refractivity contribution in [2.24, 2.45) is 0 Å². The topological polar surface area (TPSA) is 62.6 Å². The molecule has 6 heteroatoms. The first-order valence-electron chi connectivity index (χ1n) is 9.91. The molecule has 2 amide bonds. The van der Waals surface area contributed by atoms with Crippen molar-refractivity contribution in [2.75, 3.05) is 4.90 Å². The number of carbonyl (C=O) groups is 2. The first kappa shape index (κ1) is 19.5. The number of nitrogens with zero attached hydrogens (tertiary/aromatic N) is 1. The zero-order valence-electron chi connectivity index (χ0n) is 16.3. The summed E-state index contributed by atoms with van der Waals surface area (Å²) in [5.74, 6) is -0.278. The van der Waals surface area contributed by atoms with Crippen molar-refractivity contribution in [3.05, 3.63) is 76.4 Å². The van der Waals surface area contributed by atoms with E-state index in [9.17, 15) is 9.59 Å². The third-order valence-corrected chi connectivity index (χ3v) is 6.21. The molecule has 0 radical (unpaired) electrons. The third-order valence-electron chi connectivity index (χ3n) is 5.28. The van der Waals surface area contributed by atoms with Crippen LogP contribution >= 0.6 is 11.3 Å². The molecule has 4 rings (SSSR count). The third kappa shape index (κ3) is 4.27. The smallest absolute Gasteiger partial charge is 0.295 e. The van der Waals surface area contributed by atoms with E-state index in [4.69, 9.17) is 4.42 Å². The number of rotatable bonds is 6. The molecule has 2 aromatic heterocycles. The molecule has 0 saturated heterocycles. The SMILES string of the molecule is Cc1ccc(N(C(=O)c2ccco2)C(C(=O)NC2CCCC2)c2cccs2)cc1. The highest BCUT2D eigenvalue weighted by Gasteiger charge is 2.36. The highest BCUT2D eigenvalue weighted by Crippen LogP contribution is 2.33. The molecule has 1 unspecified atom stereocenters. The predicted octanol–water partition coefficient (Wildman–Crippen LogP) is 5.10. The van der Waals surface area contributed by atoms with Gasteiger partial charge in [-0.05, 0) is 55.5 Å². The molecule has 5 nitrogen and oxygen atoms in total. The van der Waals surface area contributed by atoms with Crippen LogP contribution in [0, 0.1) is 6.92 Å². The molecule has 1 N–H and O–H groups in total. The van der Waals surface area contributed by atoms with Crippen LogP contribution in [-0.4, -0.2) is 17.9 Å². The van der Waals surface area contributed by atoms with Gasteiger partial charge in [0.15, 0.2) is 11.8 Å². The number of hydrogen-bond acceptors (Lipinski definition) is 4. The summed E-state index contributed by atoms with van der Waals surface area (Å²) in [4.78, 5) is 29.2. The summed E-state index contributed by atoms with van der Waals surface area (Å²) in [5.41, 5.74) is 1.75. The van der Waals surface area contributed by atoms with E-state index in [1.165, 1.54) is 17.6 Å². The second kappa shape index (κ2) is 8.66. The summed E-state index contributed by atoms with van der Waals surface area (Å²) in [6, 6.07) is 14.2. The Morgan fingerprint density at radius 2 is 1.86 bits per heavy atom. The molecule has 29 heavy (non-hydrogen) atoms. The van der Waals surface area contributed by atoms with Crippen LogP contribution in [-0.2, 0) is 4.79 Å². The maximum absolute atomic E-state index is 13.4. The van der Waals surface area contributed by atoms with E-state index in [0.717, 1.165) is 36.1 Å². The van der Waals surface area contributed by atoms with E-state index < -0.39 is 6.04 Å². The molecule has 1 atom stereocenters. The van der Waals surface area contributed by atoms with E-state index in [2.05, 4.69) is 5.32 Å². The summed E-state index contributed by atoms with van der Waals surface area (Å²) < 4.78 is 5.38. The molecule has 0 bridgehead atoms. The van der Waals surface area contributed by atoms with Crippen molar-refractivity contribution >= 4 is 28.8 Å². The van der Waals surface area contributed by atoms with Crippen molar-refractivity contribution < 1.29 is 14.0 Å². The van der Waals surface area contributed by atoms with Gasteiger partial charge in [-0.2, -0.15) is 0 Å². The summed E-state index contributed by atoms with van der Waals surface area (Å²) in [6.07, 6.45) is 5.70. The van der Waals surface area contributed by atoms with Crippen LogP contribution in [0.2, 0.25) is 0 Å². The Kier molecular flexibility index (Phi) is 5.81. The van der Waals surface area contributed by atoms with Crippen LogP contribution < -0.4 is 10.2 Å². The largest absolute Gasteiger partial charge is 0.459 e. The number of hydrogen-bond donors (Lipinski definition) is 1. The van der Waals surface area contributed by atoms with Crippen LogP contribution in [0.25, 0.3) is 0 Å². The van der Waals surface area contributed by atoms with Crippen LogP contribution in [0.15, 0.2) is 64.6 Å². The fourth-order valence-corrected chi connectivity index (χ4v) is 4.59. The Balaban J connectivity index is 1.75. The van der Waals surface area contributed by atoms with Crippen molar-refractivity contribution in [3.63, 3.8) is 0 Å². The predicted molar refractivity (Wildman–Crippen MR) is 114 cm³/mol. The number of carbonyl (C=O) groups excluding carboxylic acids is 2. The average molecular weight is 409 g/mol. The fourth-order valence-electron chi connectivity index (χ4n) is 3.78. The van der Waals surface area contributed by atoms with Gasteiger partial charge in [-0.1, -0.05) is 36.6 Å². The van der Waals surface area contributed by atoms with Gasteiger partial charge < -0.3 is 9.73 Å². The summed E-state index contributed by atoms with van der Waals surface area (Å²) in [7, 11) is 0. The fraction of sp³-hybridized carbons (Fsp3) is 0.304. The first-order valence-corrected chi connectivity index (χ1v) is 10.8. The van der Waals surface area contributed by atoms with Gasteiger partial charge in [0.25, 0.3) is 5.91 Å². The zero-order chi connectivity index (χ0) is 20.2. The first-order chi connectivity index (χ1) is 14.1. The Bertz CT molecular complexity index is 943. The highest BCUT2D eigenvalue weighted by atomic mass is 32.1. The standard InChI is InChI=1S/C23H24N2O3S/c1-16-10-12-18(13-11-16)25(23(27)19-8-4-14-28-19)21(20-9-5-15-29-20)22(26)24-17-6-2-3-7-17/h4-5,8-15,17,21H,2-3,6-7H2,1H3,(H,24,26). The van der Waals surface area contributed by atoms with Crippen LogP contribution in [0.1, 0.15) is 52.7 Å². The van der Waals surface area contributed by atoms with Gasteiger partial charge in [-0.3, -0.25) is 14.5 Å². The van der Waals surface area contributed by atoms with Crippen molar-refractivity contribution in [1.82, 2.24) is 5.32 Å². The second-order valence-corrected chi connectivity index (χ2v) is 8.38. The summed E-state index contributed by atoms with van der Waals surface area (Å²) in [5, 5.41) is 5.10. The maximum Gasteiger partial charge on any atom is 0.295 e. The number of furan rings is 1. The molecule has 3 aromatic rings. The van der Waals surface area contributed by atoms with Gasteiger partial charge in [0.1, 0.15) is 0 Å². The molecule has 1 aromatic carbocycles.